The lowest BCUT2D eigenvalue weighted by atomic mass is 10.2. The Kier molecular flexibility index (Phi) is 4.37. The Hall–Kier alpha value is -2.37. The highest BCUT2D eigenvalue weighted by Crippen LogP contribution is 2.25. The maximum atomic E-state index is 11.9. The van der Waals surface area contributed by atoms with Crippen LogP contribution in [-0.4, -0.2) is 10.9 Å². The molecule has 0 unspecified atom stereocenters. The first-order valence-electron chi connectivity index (χ1n) is 6.55. The van der Waals surface area contributed by atoms with E-state index in [4.69, 9.17) is 11.6 Å². The van der Waals surface area contributed by atoms with Crippen molar-refractivity contribution in [3.63, 3.8) is 0 Å². The van der Waals surface area contributed by atoms with Crippen LogP contribution < -0.4 is 10.9 Å². The number of nitrogens with one attached hydrogen (secondary N) is 2. The van der Waals surface area contributed by atoms with Crippen LogP contribution in [0.5, 0.6) is 0 Å². The summed E-state index contributed by atoms with van der Waals surface area (Å²) in [5, 5.41) is 3.22. The Bertz CT molecular complexity index is 772. The van der Waals surface area contributed by atoms with Gasteiger partial charge in [-0.15, -0.1) is 11.3 Å². The summed E-state index contributed by atoms with van der Waals surface area (Å²) in [4.78, 5) is 16.3. The maximum Gasteiger partial charge on any atom is 0.269 e. The van der Waals surface area contributed by atoms with Crippen LogP contribution in [0.1, 0.15) is 10.4 Å². The van der Waals surface area contributed by atoms with Gasteiger partial charge in [-0.3, -0.25) is 15.6 Å². The van der Waals surface area contributed by atoms with Crippen molar-refractivity contribution in [3.8, 4) is 11.3 Å². The zero-order valence-electron chi connectivity index (χ0n) is 11.4. The number of halogens is 1. The van der Waals surface area contributed by atoms with E-state index < -0.39 is 0 Å². The molecule has 1 heterocycles. The average molecular weight is 330 g/mol. The first-order valence-corrected chi connectivity index (χ1v) is 7.81. The average Bonchev–Trinajstić information content (AvgIpc) is 3.03. The third kappa shape index (κ3) is 3.44. The van der Waals surface area contributed by atoms with E-state index in [1.54, 1.807) is 12.1 Å². The predicted molar refractivity (Wildman–Crippen MR) is 90.1 cm³/mol. The number of rotatable bonds is 4. The summed E-state index contributed by atoms with van der Waals surface area (Å²) in [6.45, 7) is 0. The lowest BCUT2D eigenvalue weighted by molar-refractivity contribution is 0.0962. The molecule has 2 N–H and O–H groups in total. The topological polar surface area (TPSA) is 54.0 Å². The summed E-state index contributed by atoms with van der Waals surface area (Å²) >= 11 is 7.29. The smallest absolute Gasteiger partial charge is 0.269 e. The molecule has 4 nitrogen and oxygen atoms in total. The van der Waals surface area contributed by atoms with Crippen LogP contribution in [0.4, 0.5) is 5.13 Å². The second kappa shape index (κ2) is 6.60. The molecule has 1 aromatic heterocycles. The Labute approximate surface area is 136 Å². The van der Waals surface area contributed by atoms with Crippen molar-refractivity contribution in [3.05, 3.63) is 70.6 Å². The lowest BCUT2D eigenvalue weighted by Gasteiger charge is -2.05. The normalized spacial score (nSPS) is 10.2. The molecule has 2 aromatic carbocycles. The van der Waals surface area contributed by atoms with E-state index in [9.17, 15) is 4.79 Å². The van der Waals surface area contributed by atoms with Crippen LogP contribution in [-0.2, 0) is 0 Å². The summed E-state index contributed by atoms with van der Waals surface area (Å²) in [6.07, 6.45) is 0. The molecular weight excluding hydrogens is 318 g/mol. The third-order valence-electron chi connectivity index (χ3n) is 2.96. The van der Waals surface area contributed by atoms with Gasteiger partial charge in [-0.2, -0.15) is 0 Å². The first kappa shape index (κ1) is 14.6. The molecule has 3 rings (SSSR count). The van der Waals surface area contributed by atoms with Gasteiger partial charge in [0.05, 0.1) is 5.69 Å². The van der Waals surface area contributed by atoms with Crippen LogP contribution >= 0.6 is 22.9 Å². The Morgan fingerprint density at radius 3 is 2.50 bits per heavy atom. The minimum absolute atomic E-state index is 0.205. The monoisotopic (exact) mass is 329 g/mol. The standard InChI is InChI=1S/C16H12ClN3OS/c17-13-8-6-11(7-9-13)14-10-22-16(18-14)20-19-15(21)12-4-2-1-3-5-12/h1-10H,(H,18,20)(H,19,21). The van der Waals surface area contributed by atoms with E-state index in [0.29, 0.717) is 15.7 Å². The molecule has 0 bridgehead atoms. The van der Waals surface area contributed by atoms with Gasteiger partial charge in [-0.25, -0.2) is 4.98 Å². The van der Waals surface area contributed by atoms with Gasteiger partial charge in [0.1, 0.15) is 0 Å². The van der Waals surface area contributed by atoms with Gasteiger partial charge in [0, 0.05) is 21.5 Å². The van der Waals surface area contributed by atoms with Crippen LogP contribution in [0.25, 0.3) is 11.3 Å². The fourth-order valence-corrected chi connectivity index (χ4v) is 2.66. The minimum atomic E-state index is -0.205. The van der Waals surface area contributed by atoms with Gasteiger partial charge in [0.15, 0.2) is 0 Å². The molecule has 6 heteroatoms. The van der Waals surface area contributed by atoms with E-state index in [0.717, 1.165) is 11.3 Å². The fourth-order valence-electron chi connectivity index (χ4n) is 1.86. The van der Waals surface area contributed by atoms with Crippen molar-refractivity contribution in [1.82, 2.24) is 10.4 Å². The lowest BCUT2D eigenvalue weighted by Crippen LogP contribution is -2.29. The van der Waals surface area contributed by atoms with Crippen molar-refractivity contribution in [1.29, 1.82) is 0 Å². The number of hydrogen-bond acceptors (Lipinski definition) is 4. The third-order valence-corrected chi connectivity index (χ3v) is 3.97. The number of aromatic nitrogens is 1. The van der Waals surface area contributed by atoms with Gasteiger partial charge in [-0.1, -0.05) is 41.9 Å². The number of carbonyl (C=O) groups is 1. The number of carbonyl (C=O) groups excluding carboxylic acids is 1. The number of amides is 1. The van der Waals surface area contributed by atoms with Crippen molar-refractivity contribution in [2.75, 3.05) is 5.43 Å². The van der Waals surface area contributed by atoms with Crippen molar-refractivity contribution in [2.45, 2.75) is 0 Å². The quantitative estimate of drug-likeness (QED) is 0.705. The second-order valence-electron chi connectivity index (χ2n) is 4.49. The maximum absolute atomic E-state index is 11.9. The molecule has 0 saturated heterocycles. The van der Waals surface area contributed by atoms with Crippen molar-refractivity contribution >= 4 is 34.0 Å². The van der Waals surface area contributed by atoms with E-state index in [-0.39, 0.29) is 5.91 Å². The van der Waals surface area contributed by atoms with Gasteiger partial charge in [0.2, 0.25) is 5.13 Å². The molecule has 0 radical (unpaired) electrons. The highest BCUT2D eigenvalue weighted by molar-refractivity contribution is 7.14. The Morgan fingerprint density at radius 1 is 1.05 bits per heavy atom. The molecule has 1 amide bonds. The van der Waals surface area contributed by atoms with Crippen LogP contribution in [0.2, 0.25) is 5.02 Å². The number of hydrogen-bond donors (Lipinski definition) is 2. The predicted octanol–water partition coefficient (Wildman–Crippen LogP) is 4.22. The van der Waals surface area contributed by atoms with E-state index in [2.05, 4.69) is 15.8 Å². The van der Waals surface area contributed by atoms with E-state index >= 15 is 0 Å². The molecule has 0 atom stereocenters. The van der Waals surface area contributed by atoms with Gasteiger partial charge >= 0.3 is 0 Å². The zero-order chi connectivity index (χ0) is 15.4. The van der Waals surface area contributed by atoms with Gasteiger partial charge < -0.3 is 0 Å². The molecule has 0 saturated carbocycles. The number of benzene rings is 2. The van der Waals surface area contributed by atoms with Crippen LogP contribution in [0, 0.1) is 0 Å². The van der Waals surface area contributed by atoms with Crippen molar-refractivity contribution in [2.24, 2.45) is 0 Å². The SMILES string of the molecule is O=C(NNc1nc(-c2ccc(Cl)cc2)cs1)c1ccccc1. The zero-order valence-corrected chi connectivity index (χ0v) is 13.0. The number of anilines is 1. The first-order chi connectivity index (χ1) is 10.7. The number of hydrazine groups is 1. The van der Waals surface area contributed by atoms with Crippen molar-refractivity contribution < 1.29 is 4.79 Å². The largest absolute Gasteiger partial charge is 0.273 e. The molecule has 0 spiro atoms. The summed E-state index contributed by atoms with van der Waals surface area (Å²) in [5.74, 6) is -0.205. The molecule has 0 aliphatic heterocycles. The highest BCUT2D eigenvalue weighted by Gasteiger charge is 2.07. The summed E-state index contributed by atoms with van der Waals surface area (Å²) < 4.78 is 0. The Morgan fingerprint density at radius 2 is 1.77 bits per heavy atom. The Balaban J connectivity index is 1.65. The molecule has 22 heavy (non-hydrogen) atoms. The van der Waals surface area contributed by atoms with Gasteiger partial charge in [0.25, 0.3) is 5.91 Å². The summed E-state index contributed by atoms with van der Waals surface area (Å²) in [5.41, 5.74) is 7.85. The molecule has 110 valence electrons. The van der Waals surface area contributed by atoms with E-state index in [1.165, 1.54) is 11.3 Å². The number of thiazole rings is 1. The summed E-state index contributed by atoms with van der Waals surface area (Å²) in [6, 6.07) is 16.4. The molecule has 0 aliphatic carbocycles. The fraction of sp³-hybridized carbons (Fsp3) is 0. The summed E-state index contributed by atoms with van der Waals surface area (Å²) in [7, 11) is 0. The molecular formula is C16H12ClN3OS. The highest BCUT2D eigenvalue weighted by atomic mass is 35.5. The molecule has 3 aromatic rings. The molecule has 0 aliphatic rings. The van der Waals surface area contributed by atoms with Gasteiger partial charge in [-0.05, 0) is 24.3 Å². The van der Waals surface area contributed by atoms with Crippen LogP contribution in [0.3, 0.4) is 0 Å². The molecule has 0 fully saturated rings. The van der Waals surface area contributed by atoms with Crippen LogP contribution in [0.15, 0.2) is 60.0 Å². The second-order valence-corrected chi connectivity index (χ2v) is 5.78. The minimum Gasteiger partial charge on any atom is -0.273 e. The van der Waals surface area contributed by atoms with E-state index in [1.807, 2.05) is 47.8 Å². The number of nitrogens with zero attached hydrogens (tertiary/aromatic N) is 1.